The summed E-state index contributed by atoms with van der Waals surface area (Å²) in [4.78, 5) is 54.8. The van der Waals surface area contributed by atoms with Gasteiger partial charge in [0.15, 0.2) is 0 Å². The standard InChI is InChI=1S/C23H26N4O7/c1-12-16(13(2)24-18(12)23(31)34-5)20(28)17-19(14-6-8-15(9-7-14)27(32)33)26(11-10-25(3)4)22(30)21(17)29/h6-9,19,24,28H,10-11H2,1-5H3/b20-17+/t19-/m0/s1. The summed E-state index contributed by atoms with van der Waals surface area (Å²) in [7, 11) is 4.86. The first-order chi connectivity index (χ1) is 16.0. The zero-order chi connectivity index (χ0) is 25.3. The Balaban J connectivity index is 2.22. The highest BCUT2D eigenvalue weighted by Gasteiger charge is 2.46. The Kier molecular flexibility index (Phi) is 6.87. The fraction of sp³-hybridized carbons (Fsp3) is 0.348. The van der Waals surface area contributed by atoms with Crippen LogP contribution in [0, 0.1) is 24.0 Å². The summed E-state index contributed by atoms with van der Waals surface area (Å²) in [6.07, 6.45) is 0. The molecule has 2 aromatic rings. The number of amides is 1. The number of non-ortho nitro benzene ring substituents is 1. The van der Waals surface area contributed by atoms with Crippen LogP contribution in [0.1, 0.15) is 38.9 Å². The first kappa shape index (κ1) is 24.6. The number of aromatic amines is 1. The third kappa shape index (κ3) is 4.29. The highest BCUT2D eigenvalue weighted by Crippen LogP contribution is 2.41. The number of hydrogen-bond donors (Lipinski definition) is 2. The van der Waals surface area contributed by atoms with E-state index < -0.39 is 34.4 Å². The van der Waals surface area contributed by atoms with Crippen molar-refractivity contribution >= 4 is 29.1 Å². The summed E-state index contributed by atoms with van der Waals surface area (Å²) in [5.74, 6) is -2.74. The fourth-order valence-corrected chi connectivity index (χ4v) is 4.09. The van der Waals surface area contributed by atoms with Gasteiger partial charge in [0.05, 0.1) is 23.6 Å². The number of benzene rings is 1. The molecule has 0 aliphatic carbocycles. The van der Waals surface area contributed by atoms with Crippen LogP contribution in [-0.2, 0) is 14.3 Å². The van der Waals surface area contributed by atoms with Gasteiger partial charge in [-0.2, -0.15) is 0 Å². The number of carbonyl (C=O) groups is 3. The molecule has 0 saturated carbocycles. The number of nitrogens with zero attached hydrogens (tertiary/aromatic N) is 3. The smallest absolute Gasteiger partial charge is 0.354 e. The molecule has 1 aliphatic rings. The predicted molar refractivity (Wildman–Crippen MR) is 122 cm³/mol. The molecule has 11 heteroatoms. The van der Waals surface area contributed by atoms with E-state index in [2.05, 4.69) is 4.98 Å². The number of likely N-dealkylation sites (tertiary alicyclic amines) is 1. The van der Waals surface area contributed by atoms with Gasteiger partial charge in [-0.3, -0.25) is 19.7 Å². The van der Waals surface area contributed by atoms with E-state index in [-0.39, 0.29) is 29.1 Å². The van der Waals surface area contributed by atoms with Gasteiger partial charge in [0.2, 0.25) is 0 Å². The molecule has 1 amide bonds. The summed E-state index contributed by atoms with van der Waals surface area (Å²) >= 11 is 0. The molecule has 3 rings (SSSR count). The number of nitro groups is 1. The van der Waals surface area contributed by atoms with E-state index >= 15 is 0 Å². The van der Waals surface area contributed by atoms with Gasteiger partial charge >= 0.3 is 5.97 Å². The molecule has 0 bridgehead atoms. The topological polar surface area (TPSA) is 146 Å². The fourth-order valence-electron chi connectivity index (χ4n) is 4.09. The van der Waals surface area contributed by atoms with Crippen molar-refractivity contribution in [2.24, 2.45) is 0 Å². The molecule has 180 valence electrons. The van der Waals surface area contributed by atoms with Crippen LogP contribution in [0.5, 0.6) is 0 Å². The average molecular weight is 470 g/mol. The SMILES string of the molecule is COC(=O)c1[nH]c(C)c(/C(O)=C2\C(=O)C(=O)N(CCN(C)C)[C@H]2c2ccc([N+](=O)[O-])cc2)c1C. The Labute approximate surface area is 195 Å². The van der Waals surface area contributed by atoms with Gasteiger partial charge in [0.25, 0.3) is 17.4 Å². The maximum absolute atomic E-state index is 13.1. The van der Waals surface area contributed by atoms with Crippen molar-refractivity contribution in [2.45, 2.75) is 19.9 Å². The Bertz CT molecular complexity index is 1190. The number of hydrogen-bond acceptors (Lipinski definition) is 8. The van der Waals surface area contributed by atoms with E-state index in [9.17, 15) is 29.6 Å². The number of rotatable bonds is 7. The minimum absolute atomic E-state index is 0.121. The Morgan fingerprint density at radius 3 is 2.38 bits per heavy atom. The second-order valence-electron chi connectivity index (χ2n) is 8.26. The predicted octanol–water partition coefficient (Wildman–Crippen LogP) is 2.31. The number of likely N-dealkylation sites (N-methyl/N-ethyl adjacent to an activating group) is 1. The first-order valence-electron chi connectivity index (χ1n) is 10.4. The molecule has 1 aromatic carbocycles. The molecule has 2 heterocycles. The van der Waals surface area contributed by atoms with Crippen LogP contribution in [0.2, 0.25) is 0 Å². The van der Waals surface area contributed by atoms with Crippen molar-refractivity contribution in [3.63, 3.8) is 0 Å². The Morgan fingerprint density at radius 2 is 1.85 bits per heavy atom. The molecule has 0 radical (unpaired) electrons. The number of aryl methyl sites for hydroxylation is 1. The van der Waals surface area contributed by atoms with Gasteiger partial charge < -0.3 is 24.6 Å². The van der Waals surface area contributed by atoms with Crippen LogP contribution in [0.4, 0.5) is 5.69 Å². The van der Waals surface area contributed by atoms with Crippen LogP contribution in [0.15, 0.2) is 29.8 Å². The van der Waals surface area contributed by atoms with Crippen molar-refractivity contribution in [2.75, 3.05) is 34.3 Å². The first-order valence-corrected chi connectivity index (χ1v) is 10.4. The molecular weight excluding hydrogens is 444 g/mol. The number of methoxy groups -OCH3 is 1. The zero-order valence-corrected chi connectivity index (χ0v) is 19.5. The number of esters is 1. The van der Waals surface area contributed by atoms with E-state index in [1.54, 1.807) is 13.8 Å². The average Bonchev–Trinajstić information content (AvgIpc) is 3.23. The normalized spacial score (nSPS) is 17.5. The number of Topliss-reactive ketones (excluding diaryl/α,β-unsaturated/α-hetero) is 1. The quantitative estimate of drug-likeness (QED) is 0.157. The molecule has 1 aliphatic heterocycles. The summed E-state index contributed by atoms with van der Waals surface area (Å²) in [5.41, 5.74) is 1.26. The lowest BCUT2D eigenvalue weighted by molar-refractivity contribution is -0.384. The number of aliphatic hydroxyl groups excluding tert-OH is 1. The molecule has 1 fully saturated rings. The molecule has 34 heavy (non-hydrogen) atoms. The summed E-state index contributed by atoms with van der Waals surface area (Å²) < 4.78 is 4.76. The summed E-state index contributed by atoms with van der Waals surface area (Å²) in [5, 5.41) is 22.4. The molecule has 0 spiro atoms. The van der Waals surface area contributed by atoms with E-state index in [0.29, 0.717) is 23.4 Å². The van der Waals surface area contributed by atoms with Crippen LogP contribution in [-0.4, -0.2) is 76.8 Å². The number of ether oxygens (including phenoxy) is 1. The number of aromatic nitrogens is 1. The van der Waals surface area contributed by atoms with Crippen molar-refractivity contribution < 1.29 is 29.2 Å². The zero-order valence-electron chi connectivity index (χ0n) is 19.5. The van der Waals surface area contributed by atoms with Crippen molar-refractivity contribution in [1.82, 2.24) is 14.8 Å². The maximum Gasteiger partial charge on any atom is 0.354 e. The number of nitrogens with one attached hydrogen (secondary N) is 1. The van der Waals surface area contributed by atoms with Crippen molar-refractivity contribution in [3.05, 3.63) is 68.0 Å². The summed E-state index contributed by atoms with van der Waals surface area (Å²) in [6.45, 7) is 3.85. The molecule has 2 N–H and O–H groups in total. The number of carbonyl (C=O) groups excluding carboxylic acids is 3. The van der Waals surface area contributed by atoms with Gasteiger partial charge in [0, 0.05) is 36.5 Å². The lowest BCUT2D eigenvalue weighted by Gasteiger charge is -2.26. The van der Waals surface area contributed by atoms with E-state index in [0.717, 1.165) is 0 Å². The Morgan fingerprint density at radius 1 is 1.24 bits per heavy atom. The molecule has 11 nitrogen and oxygen atoms in total. The molecule has 1 aromatic heterocycles. The van der Waals surface area contributed by atoms with Gasteiger partial charge in [-0.15, -0.1) is 0 Å². The van der Waals surface area contributed by atoms with Crippen molar-refractivity contribution in [1.29, 1.82) is 0 Å². The van der Waals surface area contributed by atoms with Gasteiger partial charge in [-0.25, -0.2) is 4.79 Å². The Hall–Kier alpha value is -3.99. The number of nitro benzene ring substituents is 1. The monoisotopic (exact) mass is 470 g/mol. The summed E-state index contributed by atoms with van der Waals surface area (Å²) in [6, 6.07) is 4.52. The molecule has 1 saturated heterocycles. The third-order valence-corrected chi connectivity index (χ3v) is 5.81. The second-order valence-corrected chi connectivity index (χ2v) is 8.26. The van der Waals surface area contributed by atoms with E-state index in [1.807, 2.05) is 19.0 Å². The van der Waals surface area contributed by atoms with E-state index in [4.69, 9.17) is 4.74 Å². The largest absolute Gasteiger partial charge is 0.507 e. The van der Waals surface area contributed by atoms with Gasteiger partial charge in [-0.1, -0.05) is 0 Å². The van der Waals surface area contributed by atoms with E-state index in [1.165, 1.54) is 36.3 Å². The van der Waals surface area contributed by atoms with Crippen LogP contribution in [0.3, 0.4) is 0 Å². The van der Waals surface area contributed by atoms with Crippen molar-refractivity contribution in [3.8, 4) is 0 Å². The number of aliphatic hydroxyl groups is 1. The highest BCUT2D eigenvalue weighted by molar-refractivity contribution is 6.46. The van der Waals surface area contributed by atoms with Gasteiger partial charge in [-0.05, 0) is 51.2 Å². The van der Waals surface area contributed by atoms with Crippen LogP contribution in [0.25, 0.3) is 5.76 Å². The third-order valence-electron chi connectivity index (χ3n) is 5.81. The minimum atomic E-state index is -0.962. The van der Waals surface area contributed by atoms with Crippen LogP contribution < -0.4 is 0 Å². The molecule has 0 unspecified atom stereocenters. The minimum Gasteiger partial charge on any atom is -0.507 e. The van der Waals surface area contributed by atoms with Crippen LogP contribution >= 0.6 is 0 Å². The second kappa shape index (κ2) is 9.48. The highest BCUT2D eigenvalue weighted by atomic mass is 16.6. The number of ketones is 1. The maximum atomic E-state index is 13.1. The lowest BCUT2D eigenvalue weighted by atomic mass is 9.94. The molecular formula is C23H26N4O7. The molecule has 1 atom stereocenters. The lowest BCUT2D eigenvalue weighted by Crippen LogP contribution is -2.35. The number of H-pyrrole nitrogens is 1. The van der Waals surface area contributed by atoms with Gasteiger partial charge in [0.1, 0.15) is 11.5 Å².